The molecular weight excluding hydrogens is 312 g/mol. The van der Waals surface area contributed by atoms with E-state index in [1.54, 1.807) is 14.2 Å². The lowest BCUT2D eigenvalue weighted by molar-refractivity contribution is -0.140. The van der Waals surface area contributed by atoms with Gasteiger partial charge in [-0.05, 0) is 46.8 Å². The molecule has 0 bridgehead atoms. The Balaban J connectivity index is 2.69. The molecule has 1 fully saturated rings. The highest BCUT2D eigenvalue weighted by Gasteiger charge is 2.53. The van der Waals surface area contributed by atoms with Crippen LogP contribution in [0, 0.1) is 0 Å². The smallest absolute Gasteiger partial charge is 0.314 e. The molecule has 0 heterocycles. The Morgan fingerprint density at radius 2 is 1.95 bits per heavy atom. The normalized spacial score (nSPS) is 16.0. The molecule has 1 aliphatic carbocycles. The summed E-state index contributed by atoms with van der Waals surface area (Å²) in [5.74, 6) is 0.479. The maximum absolute atomic E-state index is 11.5. The number of aliphatic carboxylic acids is 1. The molecular formula is C14H17BrO4. The van der Waals surface area contributed by atoms with Crippen molar-refractivity contribution in [1.82, 2.24) is 0 Å². The number of ether oxygens (including phenoxy) is 2. The number of rotatable bonds is 5. The SMILES string of the molecule is CCc1c(C2(C(=O)O)CC2)cc(Br)c(OC)c1OC. The number of carboxylic acids is 1. The fraction of sp³-hybridized carbons (Fsp3) is 0.500. The van der Waals surface area contributed by atoms with Crippen molar-refractivity contribution in [2.75, 3.05) is 14.2 Å². The molecule has 1 aliphatic rings. The second kappa shape index (κ2) is 5.04. The van der Waals surface area contributed by atoms with Crippen LogP contribution in [0.3, 0.4) is 0 Å². The molecule has 104 valence electrons. The van der Waals surface area contributed by atoms with E-state index in [4.69, 9.17) is 9.47 Å². The van der Waals surface area contributed by atoms with Gasteiger partial charge in [0, 0.05) is 5.56 Å². The summed E-state index contributed by atoms with van der Waals surface area (Å²) in [7, 11) is 3.15. The van der Waals surface area contributed by atoms with Crippen molar-refractivity contribution in [3.8, 4) is 11.5 Å². The first kappa shape index (κ1) is 14.2. The van der Waals surface area contributed by atoms with Crippen LogP contribution < -0.4 is 9.47 Å². The van der Waals surface area contributed by atoms with Gasteiger partial charge in [-0.2, -0.15) is 0 Å². The van der Waals surface area contributed by atoms with Gasteiger partial charge in [0.25, 0.3) is 0 Å². The van der Waals surface area contributed by atoms with Crippen molar-refractivity contribution >= 4 is 21.9 Å². The van der Waals surface area contributed by atoms with Crippen molar-refractivity contribution in [3.05, 3.63) is 21.7 Å². The highest BCUT2D eigenvalue weighted by Crippen LogP contribution is 2.54. The molecule has 0 radical (unpaired) electrons. The lowest BCUT2D eigenvalue weighted by atomic mass is 9.89. The molecule has 4 nitrogen and oxygen atoms in total. The highest BCUT2D eigenvalue weighted by molar-refractivity contribution is 9.10. The Hall–Kier alpha value is -1.23. The molecule has 1 N–H and O–H groups in total. The monoisotopic (exact) mass is 328 g/mol. The number of carbonyl (C=O) groups is 1. The first-order valence-corrected chi connectivity index (χ1v) is 6.98. The minimum Gasteiger partial charge on any atom is -0.493 e. The zero-order valence-electron chi connectivity index (χ0n) is 11.2. The van der Waals surface area contributed by atoms with Crippen LogP contribution in [0.25, 0.3) is 0 Å². The van der Waals surface area contributed by atoms with E-state index in [0.717, 1.165) is 15.6 Å². The molecule has 1 aromatic rings. The molecule has 1 aromatic carbocycles. The number of carboxylic acid groups (broad SMARTS) is 1. The van der Waals surface area contributed by atoms with Gasteiger partial charge in [0.05, 0.1) is 24.1 Å². The maximum atomic E-state index is 11.5. The molecule has 0 saturated heterocycles. The van der Waals surface area contributed by atoms with Gasteiger partial charge < -0.3 is 14.6 Å². The summed E-state index contributed by atoms with van der Waals surface area (Å²) in [4.78, 5) is 11.5. The van der Waals surface area contributed by atoms with E-state index >= 15 is 0 Å². The molecule has 0 aromatic heterocycles. The molecule has 0 atom stereocenters. The summed E-state index contributed by atoms with van der Waals surface area (Å²) in [6.45, 7) is 1.99. The third-order valence-electron chi connectivity index (χ3n) is 3.73. The molecule has 0 aliphatic heterocycles. The summed E-state index contributed by atoms with van der Waals surface area (Å²) in [6.07, 6.45) is 2.06. The van der Waals surface area contributed by atoms with Crippen LogP contribution in [-0.2, 0) is 16.6 Å². The fourth-order valence-corrected chi connectivity index (χ4v) is 3.13. The molecule has 19 heavy (non-hydrogen) atoms. The molecule has 5 heteroatoms. The van der Waals surface area contributed by atoms with Gasteiger partial charge in [0.15, 0.2) is 11.5 Å². The van der Waals surface area contributed by atoms with Gasteiger partial charge in [0.1, 0.15) is 0 Å². The second-order valence-corrected chi connectivity index (χ2v) is 5.55. The van der Waals surface area contributed by atoms with E-state index in [0.29, 0.717) is 30.8 Å². The first-order valence-electron chi connectivity index (χ1n) is 6.19. The van der Waals surface area contributed by atoms with Gasteiger partial charge in [-0.3, -0.25) is 4.79 Å². The van der Waals surface area contributed by atoms with Gasteiger partial charge in [-0.1, -0.05) is 6.92 Å². The first-order chi connectivity index (χ1) is 9.01. The van der Waals surface area contributed by atoms with E-state index in [-0.39, 0.29) is 0 Å². The quantitative estimate of drug-likeness (QED) is 0.902. The van der Waals surface area contributed by atoms with Crippen LogP contribution in [-0.4, -0.2) is 25.3 Å². The highest BCUT2D eigenvalue weighted by atomic mass is 79.9. The minimum atomic E-state index is -0.763. The Labute approximate surface area is 120 Å². The average molecular weight is 329 g/mol. The Bertz CT molecular complexity index is 521. The third-order valence-corrected chi connectivity index (χ3v) is 4.32. The topological polar surface area (TPSA) is 55.8 Å². The zero-order valence-corrected chi connectivity index (χ0v) is 12.8. The van der Waals surface area contributed by atoms with Gasteiger partial charge in [-0.25, -0.2) is 0 Å². The van der Waals surface area contributed by atoms with Gasteiger partial charge in [0.2, 0.25) is 0 Å². The second-order valence-electron chi connectivity index (χ2n) is 4.69. The summed E-state index contributed by atoms with van der Waals surface area (Å²) in [5, 5.41) is 9.47. The van der Waals surface area contributed by atoms with E-state index < -0.39 is 11.4 Å². The standard InChI is InChI=1S/C14H17BrO4/c1-4-8-9(14(5-6-14)13(16)17)7-10(15)12(19-3)11(8)18-2/h7H,4-6H2,1-3H3,(H,16,17). The predicted molar refractivity (Wildman–Crippen MR) is 75.2 cm³/mol. The van der Waals surface area contributed by atoms with Crippen LogP contribution >= 0.6 is 15.9 Å². The van der Waals surface area contributed by atoms with Crippen LogP contribution in [0.15, 0.2) is 10.5 Å². The van der Waals surface area contributed by atoms with Crippen LogP contribution in [0.1, 0.15) is 30.9 Å². The molecule has 0 amide bonds. The average Bonchev–Trinajstić information content (AvgIpc) is 3.18. The predicted octanol–water partition coefficient (Wildman–Crippen LogP) is 3.14. The summed E-state index contributed by atoms with van der Waals surface area (Å²) in [6, 6.07) is 1.86. The number of methoxy groups -OCH3 is 2. The Morgan fingerprint density at radius 3 is 2.32 bits per heavy atom. The van der Waals surface area contributed by atoms with Crippen molar-refractivity contribution < 1.29 is 19.4 Å². The van der Waals surface area contributed by atoms with Gasteiger partial charge >= 0.3 is 5.97 Å². The lowest BCUT2D eigenvalue weighted by Gasteiger charge is -2.21. The van der Waals surface area contributed by atoms with Crippen molar-refractivity contribution in [2.45, 2.75) is 31.6 Å². The minimum absolute atomic E-state index is 0.615. The molecule has 0 unspecified atom stereocenters. The van der Waals surface area contributed by atoms with Crippen LogP contribution in [0.5, 0.6) is 11.5 Å². The molecule has 0 spiro atoms. The number of hydrogen-bond donors (Lipinski definition) is 1. The van der Waals surface area contributed by atoms with E-state index in [1.807, 2.05) is 13.0 Å². The summed E-state index contributed by atoms with van der Waals surface area (Å²) < 4.78 is 11.5. The Kier molecular flexibility index (Phi) is 3.76. The van der Waals surface area contributed by atoms with E-state index in [9.17, 15) is 9.90 Å². The van der Waals surface area contributed by atoms with E-state index in [1.165, 1.54) is 0 Å². The van der Waals surface area contributed by atoms with Crippen molar-refractivity contribution in [1.29, 1.82) is 0 Å². The Morgan fingerprint density at radius 1 is 1.37 bits per heavy atom. The number of hydrogen-bond acceptors (Lipinski definition) is 3. The van der Waals surface area contributed by atoms with Crippen LogP contribution in [0.2, 0.25) is 0 Å². The lowest BCUT2D eigenvalue weighted by Crippen LogP contribution is -2.21. The third kappa shape index (κ3) is 2.10. The van der Waals surface area contributed by atoms with Gasteiger partial charge in [-0.15, -0.1) is 0 Å². The summed E-state index contributed by atoms with van der Waals surface area (Å²) >= 11 is 3.43. The zero-order chi connectivity index (χ0) is 14.2. The van der Waals surface area contributed by atoms with Crippen LogP contribution in [0.4, 0.5) is 0 Å². The molecule has 1 saturated carbocycles. The van der Waals surface area contributed by atoms with Crippen molar-refractivity contribution in [3.63, 3.8) is 0 Å². The maximum Gasteiger partial charge on any atom is 0.314 e. The number of halogens is 1. The van der Waals surface area contributed by atoms with E-state index in [2.05, 4.69) is 15.9 Å². The number of benzene rings is 1. The largest absolute Gasteiger partial charge is 0.493 e. The molecule has 2 rings (SSSR count). The van der Waals surface area contributed by atoms with Crippen molar-refractivity contribution in [2.24, 2.45) is 0 Å². The summed E-state index contributed by atoms with van der Waals surface area (Å²) in [5.41, 5.74) is 1.02. The fourth-order valence-electron chi connectivity index (χ4n) is 2.55.